The minimum absolute atomic E-state index is 0.0450. The molecule has 20 heavy (non-hydrogen) atoms. The van der Waals surface area contributed by atoms with Crippen LogP contribution < -0.4 is 5.32 Å². The van der Waals surface area contributed by atoms with E-state index in [-0.39, 0.29) is 18.7 Å². The first-order valence-corrected chi connectivity index (χ1v) is 6.21. The zero-order chi connectivity index (χ0) is 15.1. The second kappa shape index (κ2) is 7.72. The summed E-state index contributed by atoms with van der Waals surface area (Å²) in [6.07, 6.45) is -0.162. The average molecular weight is 302 g/mol. The highest BCUT2D eigenvalue weighted by Gasteiger charge is 2.23. The minimum atomic E-state index is -0.856. The molecule has 0 radical (unpaired) electrons. The number of benzene rings is 1. The van der Waals surface area contributed by atoms with E-state index in [9.17, 15) is 14.7 Å². The van der Waals surface area contributed by atoms with Gasteiger partial charge >= 0.3 is 11.9 Å². The van der Waals surface area contributed by atoms with Crippen LogP contribution in [0.15, 0.2) is 18.2 Å². The van der Waals surface area contributed by atoms with Crippen LogP contribution in [0.4, 0.5) is 0 Å². The number of hydrogen-bond donors (Lipinski definition) is 2. The number of aromatic hydroxyl groups is 1. The first-order valence-electron chi connectivity index (χ1n) is 5.83. The molecule has 0 bridgehead atoms. The van der Waals surface area contributed by atoms with Crippen LogP contribution in [-0.2, 0) is 25.6 Å². The van der Waals surface area contributed by atoms with Gasteiger partial charge in [-0.3, -0.25) is 14.9 Å². The Morgan fingerprint density at radius 3 is 2.65 bits per heavy atom. The highest BCUT2D eigenvalue weighted by Crippen LogP contribution is 2.21. The maximum Gasteiger partial charge on any atom is 0.323 e. The lowest BCUT2D eigenvalue weighted by atomic mass is 10.1. The van der Waals surface area contributed by atoms with Gasteiger partial charge in [-0.1, -0.05) is 11.6 Å². The van der Waals surface area contributed by atoms with Gasteiger partial charge in [-0.15, -0.1) is 0 Å². The second-order valence-electron chi connectivity index (χ2n) is 4.01. The van der Waals surface area contributed by atoms with Crippen LogP contribution in [0.25, 0.3) is 0 Å². The van der Waals surface area contributed by atoms with Crippen LogP contribution in [0.5, 0.6) is 5.75 Å². The van der Waals surface area contributed by atoms with E-state index in [2.05, 4.69) is 14.8 Å². The number of esters is 2. The number of phenolic OH excluding ortho intramolecular Hbond substituents is 1. The molecule has 1 rings (SSSR count). The van der Waals surface area contributed by atoms with Crippen molar-refractivity contribution in [1.82, 2.24) is 5.32 Å². The quantitative estimate of drug-likeness (QED) is 0.769. The Labute approximate surface area is 121 Å². The Kier molecular flexibility index (Phi) is 6.27. The fourth-order valence-corrected chi connectivity index (χ4v) is 1.75. The number of methoxy groups -OCH3 is 2. The van der Waals surface area contributed by atoms with E-state index in [4.69, 9.17) is 11.6 Å². The van der Waals surface area contributed by atoms with Crippen molar-refractivity contribution < 1.29 is 24.2 Å². The van der Waals surface area contributed by atoms with Crippen molar-refractivity contribution in [3.63, 3.8) is 0 Å². The third kappa shape index (κ3) is 4.71. The normalized spacial score (nSPS) is 11.8. The molecule has 6 nitrogen and oxygen atoms in total. The number of rotatable bonds is 6. The molecule has 1 atom stereocenters. The number of phenols is 1. The summed E-state index contributed by atoms with van der Waals surface area (Å²) >= 11 is 5.82. The summed E-state index contributed by atoms with van der Waals surface area (Å²) < 4.78 is 9.12. The van der Waals surface area contributed by atoms with Gasteiger partial charge in [0.25, 0.3) is 0 Å². The predicted octanol–water partition coefficient (Wildman–Crippen LogP) is 1.24. The zero-order valence-electron chi connectivity index (χ0n) is 11.2. The van der Waals surface area contributed by atoms with Crippen molar-refractivity contribution in [3.8, 4) is 5.75 Å². The zero-order valence-corrected chi connectivity index (χ0v) is 11.9. The van der Waals surface area contributed by atoms with E-state index in [1.54, 1.807) is 12.1 Å². The lowest BCUT2D eigenvalue weighted by molar-refractivity contribution is -0.149. The minimum Gasteiger partial charge on any atom is -0.508 e. The number of nitrogens with one attached hydrogen (secondary N) is 1. The Morgan fingerprint density at radius 1 is 1.35 bits per heavy atom. The van der Waals surface area contributed by atoms with Crippen LogP contribution in [0, 0.1) is 0 Å². The van der Waals surface area contributed by atoms with E-state index in [1.165, 1.54) is 20.3 Å². The van der Waals surface area contributed by atoms with Crippen LogP contribution in [-0.4, -0.2) is 37.3 Å². The lowest BCUT2D eigenvalue weighted by Crippen LogP contribution is -2.39. The Hall–Kier alpha value is -1.79. The number of halogens is 1. The van der Waals surface area contributed by atoms with Crippen molar-refractivity contribution in [2.45, 2.75) is 19.0 Å². The molecule has 0 amide bonds. The maximum absolute atomic E-state index is 11.6. The Bertz CT molecular complexity index is 492. The van der Waals surface area contributed by atoms with Gasteiger partial charge in [-0.25, -0.2) is 0 Å². The first kappa shape index (κ1) is 16.3. The standard InChI is InChI=1S/C13H16ClNO5/c1-19-12(17)6-10(13(18)20-2)15-7-8-5-9(14)3-4-11(8)16/h3-5,10,15-16H,6-7H2,1-2H3. The SMILES string of the molecule is COC(=O)CC(NCc1cc(Cl)ccc1O)C(=O)OC. The van der Waals surface area contributed by atoms with Gasteiger partial charge < -0.3 is 14.6 Å². The van der Waals surface area contributed by atoms with Crippen molar-refractivity contribution in [2.24, 2.45) is 0 Å². The summed E-state index contributed by atoms with van der Waals surface area (Å²) in [6.45, 7) is 0.156. The molecule has 110 valence electrons. The molecule has 1 unspecified atom stereocenters. The van der Waals surface area contributed by atoms with E-state index in [0.717, 1.165) is 0 Å². The van der Waals surface area contributed by atoms with E-state index < -0.39 is 18.0 Å². The van der Waals surface area contributed by atoms with Gasteiger partial charge in [0.1, 0.15) is 11.8 Å². The topological polar surface area (TPSA) is 84.9 Å². The molecule has 0 heterocycles. The van der Waals surface area contributed by atoms with Crippen molar-refractivity contribution in [1.29, 1.82) is 0 Å². The maximum atomic E-state index is 11.6. The summed E-state index contributed by atoms with van der Waals surface area (Å²) in [5.41, 5.74) is 0.510. The van der Waals surface area contributed by atoms with Gasteiger partial charge in [0.05, 0.1) is 20.6 Å². The van der Waals surface area contributed by atoms with Crippen LogP contribution >= 0.6 is 11.6 Å². The summed E-state index contributed by atoms with van der Waals surface area (Å²) in [5.74, 6) is -1.08. The number of ether oxygens (including phenoxy) is 2. The van der Waals surface area contributed by atoms with Crippen LogP contribution in [0.3, 0.4) is 0 Å². The molecule has 1 aromatic carbocycles. The molecule has 7 heteroatoms. The summed E-state index contributed by atoms with van der Waals surface area (Å²) in [7, 11) is 2.46. The highest BCUT2D eigenvalue weighted by atomic mass is 35.5. The molecule has 0 aliphatic rings. The van der Waals surface area contributed by atoms with Gasteiger partial charge in [0.2, 0.25) is 0 Å². The fraction of sp³-hybridized carbons (Fsp3) is 0.385. The third-order valence-electron chi connectivity index (χ3n) is 2.66. The van der Waals surface area contributed by atoms with Gasteiger partial charge in [-0.05, 0) is 18.2 Å². The molecule has 0 aliphatic heterocycles. The molecular weight excluding hydrogens is 286 g/mol. The summed E-state index contributed by atoms with van der Waals surface area (Å²) in [4.78, 5) is 22.8. The molecule has 1 aromatic rings. The smallest absolute Gasteiger partial charge is 0.323 e. The Morgan fingerprint density at radius 2 is 2.05 bits per heavy atom. The predicted molar refractivity (Wildman–Crippen MR) is 72.4 cm³/mol. The first-order chi connectivity index (χ1) is 9.47. The fourth-order valence-electron chi connectivity index (χ4n) is 1.56. The lowest BCUT2D eigenvalue weighted by Gasteiger charge is -2.16. The van der Waals surface area contributed by atoms with Crippen molar-refractivity contribution >= 4 is 23.5 Å². The van der Waals surface area contributed by atoms with Crippen molar-refractivity contribution in [3.05, 3.63) is 28.8 Å². The number of hydrogen-bond acceptors (Lipinski definition) is 6. The van der Waals surface area contributed by atoms with E-state index in [1.807, 2.05) is 0 Å². The molecule has 0 aliphatic carbocycles. The van der Waals surface area contributed by atoms with Gasteiger partial charge in [0, 0.05) is 17.1 Å². The van der Waals surface area contributed by atoms with Gasteiger partial charge in [0.15, 0.2) is 0 Å². The average Bonchev–Trinajstić information content (AvgIpc) is 2.45. The summed E-state index contributed by atoms with van der Waals surface area (Å²) in [5, 5.41) is 13.0. The molecular formula is C13H16ClNO5. The monoisotopic (exact) mass is 301 g/mol. The molecule has 0 saturated heterocycles. The van der Waals surface area contributed by atoms with E-state index >= 15 is 0 Å². The molecule has 0 saturated carbocycles. The molecule has 0 fully saturated rings. The van der Waals surface area contributed by atoms with Crippen molar-refractivity contribution in [2.75, 3.05) is 14.2 Å². The number of carbonyl (C=O) groups is 2. The van der Waals surface area contributed by atoms with Crippen LogP contribution in [0.2, 0.25) is 5.02 Å². The molecule has 2 N–H and O–H groups in total. The highest BCUT2D eigenvalue weighted by molar-refractivity contribution is 6.30. The largest absolute Gasteiger partial charge is 0.508 e. The molecule has 0 spiro atoms. The number of carbonyl (C=O) groups excluding carboxylic acids is 2. The summed E-state index contributed by atoms with van der Waals surface area (Å²) in [6, 6.07) is 3.71. The van der Waals surface area contributed by atoms with Gasteiger partial charge in [-0.2, -0.15) is 0 Å². The Balaban J connectivity index is 2.72. The molecule has 0 aromatic heterocycles. The van der Waals surface area contributed by atoms with E-state index in [0.29, 0.717) is 10.6 Å². The second-order valence-corrected chi connectivity index (χ2v) is 4.45. The van der Waals surface area contributed by atoms with Crippen LogP contribution in [0.1, 0.15) is 12.0 Å². The third-order valence-corrected chi connectivity index (χ3v) is 2.90.